The van der Waals surface area contributed by atoms with Gasteiger partial charge in [-0.1, -0.05) is 30.3 Å². The van der Waals surface area contributed by atoms with Crippen molar-refractivity contribution in [1.29, 1.82) is 0 Å². The highest BCUT2D eigenvalue weighted by atomic mass is 16.5. The molecule has 3 aromatic carbocycles. The number of Topliss-reactive ketones (excluding diaryl/α,β-unsaturated/α-hetero) is 1. The lowest BCUT2D eigenvalue weighted by molar-refractivity contribution is -0.132. The molecule has 0 aromatic heterocycles. The fraction of sp³-hybridized carbons (Fsp3) is 0.290. The van der Waals surface area contributed by atoms with Crippen molar-refractivity contribution in [3.8, 4) is 17.2 Å². The number of anilines is 1. The van der Waals surface area contributed by atoms with Crippen LogP contribution in [0.2, 0.25) is 0 Å². The number of amides is 1. The van der Waals surface area contributed by atoms with E-state index in [9.17, 15) is 14.7 Å². The van der Waals surface area contributed by atoms with E-state index in [2.05, 4.69) is 0 Å². The van der Waals surface area contributed by atoms with Crippen LogP contribution in [-0.4, -0.2) is 35.6 Å². The average Bonchev–Trinajstić information content (AvgIpc) is 3.14. The van der Waals surface area contributed by atoms with Gasteiger partial charge in [-0.25, -0.2) is 0 Å². The molecule has 4 rings (SSSR count). The third-order valence-corrected chi connectivity index (χ3v) is 5.88. The Morgan fingerprint density at radius 3 is 2.11 bits per heavy atom. The number of aliphatic hydroxyl groups excluding tert-OH is 1. The highest BCUT2D eigenvalue weighted by Gasteiger charge is 2.47. The molecule has 0 spiro atoms. The maximum Gasteiger partial charge on any atom is 0.300 e. The Balaban J connectivity index is 1.91. The van der Waals surface area contributed by atoms with Crippen molar-refractivity contribution in [1.82, 2.24) is 0 Å². The van der Waals surface area contributed by atoms with Gasteiger partial charge in [0.25, 0.3) is 11.7 Å². The number of aliphatic hydroxyl groups is 1. The molecule has 1 aliphatic heterocycles. The number of nitrogens with zero attached hydrogens (tertiary/aromatic N) is 1. The summed E-state index contributed by atoms with van der Waals surface area (Å²) in [5, 5.41) is 11.5. The number of hydrogen-bond acceptors (Lipinski definition) is 6. The Bertz CT molecular complexity index is 1360. The molecule has 0 bridgehead atoms. The molecule has 1 unspecified atom stereocenters. The molecule has 198 valence electrons. The van der Waals surface area contributed by atoms with Gasteiger partial charge in [-0.3, -0.25) is 14.5 Å². The zero-order valence-corrected chi connectivity index (χ0v) is 22.3. The Kier molecular flexibility index (Phi) is 8.05. The van der Waals surface area contributed by atoms with E-state index in [0.29, 0.717) is 40.7 Å². The van der Waals surface area contributed by atoms with Gasteiger partial charge in [0.05, 0.1) is 30.4 Å². The van der Waals surface area contributed by atoms with E-state index in [1.165, 1.54) is 4.90 Å². The molecule has 0 saturated carbocycles. The van der Waals surface area contributed by atoms with Crippen molar-refractivity contribution in [2.24, 2.45) is 0 Å². The maximum absolute atomic E-state index is 13.5. The number of carbonyl (C=O) groups excluding carboxylic acids is 2. The van der Waals surface area contributed by atoms with Crippen LogP contribution < -0.4 is 19.1 Å². The average molecular weight is 516 g/mol. The van der Waals surface area contributed by atoms with Gasteiger partial charge in [0, 0.05) is 17.3 Å². The van der Waals surface area contributed by atoms with Crippen LogP contribution in [-0.2, 0) is 9.59 Å². The number of carbonyl (C=O) groups is 2. The first kappa shape index (κ1) is 26.8. The van der Waals surface area contributed by atoms with Gasteiger partial charge >= 0.3 is 0 Å². The summed E-state index contributed by atoms with van der Waals surface area (Å²) in [6.07, 6.45) is -0.137. The minimum Gasteiger partial charge on any atom is -0.507 e. The molecule has 38 heavy (non-hydrogen) atoms. The Hall–Kier alpha value is -4.26. The summed E-state index contributed by atoms with van der Waals surface area (Å²) in [6.45, 7) is 9.97. The second-order valence-electron chi connectivity index (χ2n) is 9.53. The van der Waals surface area contributed by atoms with Gasteiger partial charge < -0.3 is 19.3 Å². The van der Waals surface area contributed by atoms with Crippen LogP contribution in [0, 0.1) is 0 Å². The lowest BCUT2D eigenvalue weighted by Crippen LogP contribution is -2.29. The smallest absolute Gasteiger partial charge is 0.300 e. The van der Waals surface area contributed by atoms with Crippen molar-refractivity contribution in [3.05, 3.63) is 89.5 Å². The molecule has 1 fully saturated rings. The first-order valence-corrected chi connectivity index (χ1v) is 12.8. The third-order valence-electron chi connectivity index (χ3n) is 5.88. The Labute approximate surface area is 223 Å². The van der Waals surface area contributed by atoms with E-state index < -0.39 is 17.7 Å². The zero-order valence-electron chi connectivity index (χ0n) is 22.3. The van der Waals surface area contributed by atoms with E-state index in [1.807, 2.05) is 46.8 Å². The van der Waals surface area contributed by atoms with E-state index in [1.54, 1.807) is 60.7 Å². The predicted octanol–water partition coefficient (Wildman–Crippen LogP) is 6.29. The molecule has 3 aromatic rings. The summed E-state index contributed by atoms with van der Waals surface area (Å²) in [4.78, 5) is 28.4. The lowest BCUT2D eigenvalue weighted by atomic mass is 9.95. The fourth-order valence-electron chi connectivity index (χ4n) is 4.48. The van der Waals surface area contributed by atoms with Crippen LogP contribution in [0.25, 0.3) is 5.76 Å². The monoisotopic (exact) mass is 515 g/mol. The second-order valence-corrected chi connectivity index (χ2v) is 9.53. The SMILES string of the molecule is CCOc1cccc(N2C(=O)C(=O)/C(=C(/O)c3cccc(OC(C)C)c3)C2c2cccc(OC(C)C)c2)c1. The van der Waals surface area contributed by atoms with E-state index in [-0.39, 0.29) is 23.5 Å². The first-order chi connectivity index (χ1) is 18.2. The highest BCUT2D eigenvalue weighted by Crippen LogP contribution is 2.43. The number of rotatable bonds is 9. The lowest BCUT2D eigenvalue weighted by Gasteiger charge is -2.26. The normalized spacial score (nSPS) is 16.8. The maximum atomic E-state index is 13.5. The number of ketones is 1. The largest absolute Gasteiger partial charge is 0.507 e. The van der Waals surface area contributed by atoms with E-state index in [4.69, 9.17) is 14.2 Å². The molecule has 1 saturated heterocycles. The van der Waals surface area contributed by atoms with Gasteiger partial charge in [-0.05, 0) is 76.6 Å². The molecule has 1 heterocycles. The summed E-state index contributed by atoms with van der Waals surface area (Å²) < 4.78 is 17.3. The van der Waals surface area contributed by atoms with Crippen molar-refractivity contribution < 1.29 is 28.9 Å². The van der Waals surface area contributed by atoms with Crippen LogP contribution in [0.3, 0.4) is 0 Å². The Morgan fingerprint density at radius 1 is 0.842 bits per heavy atom. The van der Waals surface area contributed by atoms with Crippen LogP contribution >= 0.6 is 0 Å². The summed E-state index contributed by atoms with van der Waals surface area (Å²) in [5.41, 5.74) is 1.47. The first-order valence-electron chi connectivity index (χ1n) is 12.8. The predicted molar refractivity (Wildman–Crippen MR) is 147 cm³/mol. The number of benzene rings is 3. The van der Waals surface area contributed by atoms with Crippen molar-refractivity contribution in [2.75, 3.05) is 11.5 Å². The highest BCUT2D eigenvalue weighted by molar-refractivity contribution is 6.51. The summed E-state index contributed by atoms with van der Waals surface area (Å²) in [5.74, 6) is -0.0815. The van der Waals surface area contributed by atoms with Crippen LogP contribution in [0.1, 0.15) is 51.8 Å². The van der Waals surface area contributed by atoms with E-state index in [0.717, 1.165) is 0 Å². The molecule has 1 atom stereocenters. The minimum absolute atomic E-state index is 0.0137. The van der Waals surface area contributed by atoms with Crippen molar-refractivity contribution in [3.63, 3.8) is 0 Å². The molecular formula is C31H33NO6. The van der Waals surface area contributed by atoms with Crippen molar-refractivity contribution >= 4 is 23.1 Å². The molecule has 0 radical (unpaired) electrons. The third kappa shape index (κ3) is 5.67. The van der Waals surface area contributed by atoms with Gasteiger partial charge in [-0.2, -0.15) is 0 Å². The topological polar surface area (TPSA) is 85.3 Å². The molecular weight excluding hydrogens is 482 g/mol. The molecule has 1 N–H and O–H groups in total. The molecule has 7 nitrogen and oxygen atoms in total. The number of hydrogen-bond donors (Lipinski definition) is 1. The van der Waals surface area contributed by atoms with Crippen LogP contribution in [0.4, 0.5) is 5.69 Å². The summed E-state index contributed by atoms with van der Waals surface area (Å²) >= 11 is 0. The number of ether oxygens (including phenoxy) is 3. The molecule has 1 amide bonds. The minimum atomic E-state index is -0.891. The van der Waals surface area contributed by atoms with Gasteiger partial charge in [-0.15, -0.1) is 0 Å². The quantitative estimate of drug-likeness (QED) is 0.205. The van der Waals surface area contributed by atoms with Gasteiger partial charge in [0.1, 0.15) is 23.0 Å². The molecule has 1 aliphatic rings. The van der Waals surface area contributed by atoms with E-state index >= 15 is 0 Å². The summed E-state index contributed by atoms with van der Waals surface area (Å²) in [6, 6.07) is 20.2. The van der Waals surface area contributed by atoms with Gasteiger partial charge in [0.15, 0.2) is 0 Å². The zero-order chi connectivity index (χ0) is 27.4. The van der Waals surface area contributed by atoms with Gasteiger partial charge in [0.2, 0.25) is 0 Å². The van der Waals surface area contributed by atoms with Crippen molar-refractivity contribution in [2.45, 2.75) is 52.9 Å². The van der Waals surface area contributed by atoms with Crippen LogP contribution in [0.5, 0.6) is 17.2 Å². The Morgan fingerprint density at radius 2 is 1.45 bits per heavy atom. The second kappa shape index (κ2) is 11.4. The molecule has 7 heteroatoms. The fourth-order valence-corrected chi connectivity index (χ4v) is 4.48. The standard InChI is InChI=1S/C31H33NO6/c1-6-36-24-13-9-12-23(18-24)32-28(21-10-7-14-25(16-21)37-19(2)3)27(30(34)31(32)35)29(33)22-11-8-15-26(17-22)38-20(4)5/h7-20,28,33H,6H2,1-5H3/b29-27+. The van der Waals surface area contributed by atoms with Crippen LogP contribution in [0.15, 0.2) is 78.4 Å². The molecule has 0 aliphatic carbocycles. The summed E-state index contributed by atoms with van der Waals surface area (Å²) in [7, 11) is 0.